The fraction of sp³-hybridized carbons (Fsp3) is 0.571. The molecule has 0 bridgehead atoms. The molecule has 212 valence electrons. The van der Waals surface area contributed by atoms with Crippen LogP contribution in [0.4, 0.5) is 21.1 Å². The van der Waals surface area contributed by atoms with E-state index in [-0.39, 0.29) is 24.2 Å². The van der Waals surface area contributed by atoms with Crippen molar-refractivity contribution in [3.05, 3.63) is 35.5 Å². The molecule has 0 aliphatic carbocycles. The Morgan fingerprint density at radius 1 is 1.18 bits per heavy atom. The normalized spacial score (nSPS) is 19.3. The lowest BCUT2D eigenvalue weighted by Crippen LogP contribution is -2.47. The molecular formula is C28H41N7O4. The molecule has 39 heavy (non-hydrogen) atoms. The summed E-state index contributed by atoms with van der Waals surface area (Å²) in [6.45, 7) is 13.0. The summed E-state index contributed by atoms with van der Waals surface area (Å²) in [5.74, 6) is 1.43. The van der Waals surface area contributed by atoms with Crippen LogP contribution in [0.15, 0.2) is 24.3 Å². The third-order valence-corrected chi connectivity index (χ3v) is 6.76. The molecule has 0 spiro atoms. The van der Waals surface area contributed by atoms with Crippen LogP contribution in [0.25, 0.3) is 11.4 Å². The highest BCUT2D eigenvalue weighted by atomic mass is 16.6. The highest BCUT2D eigenvalue weighted by Gasteiger charge is 2.38. The van der Waals surface area contributed by atoms with E-state index in [2.05, 4.69) is 22.5 Å². The first kappa shape index (κ1) is 28.6. The summed E-state index contributed by atoms with van der Waals surface area (Å²) in [4.78, 5) is 39.3. The van der Waals surface area contributed by atoms with Crippen LogP contribution in [0.1, 0.15) is 58.3 Å². The number of urea groups is 1. The van der Waals surface area contributed by atoms with Crippen molar-refractivity contribution in [2.45, 2.75) is 65.1 Å². The molecule has 11 heteroatoms. The van der Waals surface area contributed by atoms with E-state index in [9.17, 15) is 9.59 Å². The second-order valence-corrected chi connectivity index (χ2v) is 10.9. The van der Waals surface area contributed by atoms with Crippen LogP contribution >= 0.6 is 0 Å². The zero-order valence-electron chi connectivity index (χ0n) is 23.6. The highest BCUT2D eigenvalue weighted by Crippen LogP contribution is 2.38. The minimum atomic E-state index is -0.611. The molecule has 0 saturated carbocycles. The van der Waals surface area contributed by atoms with E-state index in [4.69, 9.17) is 25.2 Å². The van der Waals surface area contributed by atoms with Gasteiger partial charge in [0.2, 0.25) is 0 Å². The molecule has 2 aliphatic heterocycles. The molecule has 0 radical (unpaired) electrons. The number of rotatable bonds is 6. The standard InChI is InChI=1S/C28H41N7O4/c1-6-30-26(36)31-20-9-7-19(8-10-20)24-32-23-21(25(33-24)34-15-16-38-17-18(34)2)12-14-35(22(23)11-13-29)27(37)39-28(3,4)5/h7-10,18,22H,6,11-17,29H2,1-5H3,(H2,30,31,36). The van der Waals surface area contributed by atoms with Gasteiger partial charge in [-0.25, -0.2) is 19.6 Å². The molecule has 1 aromatic carbocycles. The van der Waals surface area contributed by atoms with E-state index in [1.54, 1.807) is 4.90 Å². The number of morpholine rings is 1. The number of nitrogens with two attached hydrogens (primary N) is 1. The lowest BCUT2D eigenvalue weighted by molar-refractivity contribution is 0.0129. The summed E-state index contributed by atoms with van der Waals surface area (Å²) in [7, 11) is 0. The largest absolute Gasteiger partial charge is 0.444 e. The maximum absolute atomic E-state index is 13.2. The van der Waals surface area contributed by atoms with E-state index < -0.39 is 5.60 Å². The second-order valence-electron chi connectivity index (χ2n) is 10.9. The van der Waals surface area contributed by atoms with Crippen LogP contribution < -0.4 is 21.3 Å². The Morgan fingerprint density at radius 3 is 2.56 bits per heavy atom. The van der Waals surface area contributed by atoms with Crippen LogP contribution in [0, 0.1) is 0 Å². The van der Waals surface area contributed by atoms with Gasteiger partial charge in [-0.05, 0) is 78.3 Å². The van der Waals surface area contributed by atoms with Crippen LogP contribution in [-0.4, -0.2) is 78.0 Å². The molecule has 11 nitrogen and oxygen atoms in total. The number of hydrogen-bond donors (Lipinski definition) is 3. The summed E-state index contributed by atoms with van der Waals surface area (Å²) in [6, 6.07) is 6.99. The van der Waals surface area contributed by atoms with Crippen molar-refractivity contribution < 1.29 is 19.1 Å². The van der Waals surface area contributed by atoms with Crippen LogP contribution in [0.2, 0.25) is 0 Å². The fourth-order valence-corrected chi connectivity index (χ4v) is 4.98. The summed E-state index contributed by atoms with van der Waals surface area (Å²) >= 11 is 0. The Labute approximate surface area is 230 Å². The zero-order chi connectivity index (χ0) is 28.2. The number of anilines is 2. The van der Waals surface area contributed by atoms with Crippen molar-refractivity contribution in [1.82, 2.24) is 20.2 Å². The number of fused-ring (bicyclic) bond motifs is 1. The number of nitrogens with zero attached hydrogens (tertiary/aromatic N) is 4. The Balaban J connectivity index is 1.77. The van der Waals surface area contributed by atoms with E-state index in [1.807, 2.05) is 52.0 Å². The molecule has 4 rings (SSSR count). The van der Waals surface area contributed by atoms with E-state index in [0.717, 1.165) is 29.2 Å². The minimum absolute atomic E-state index is 0.145. The van der Waals surface area contributed by atoms with E-state index >= 15 is 0 Å². The number of hydrogen-bond acceptors (Lipinski definition) is 8. The third-order valence-electron chi connectivity index (χ3n) is 6.76. The molecule has 2 atom stereocenters. The Kier molecular flexibility index (Phi) is 8.91. The summed E-state index contributed by atoms with van der Waals surface area (Å²) in [5.41, 5.74) is 8.76. The highest BCUT2D eigenvalue weighted by molar-refractivity contribution is 5.89. The molecular weight excluding hydrogens is 498 g/mol. The monoisotopic (exact) mass is 539 g/mol. The molecule has 2 aliphatic rings. The number of nitrogens with one attached hydrogen (secondary N) is 2. The topological polar surface area (TPSA) is 135 Å². The van der Waals surface area contributed by atoms with Crippen LogP contribution in [0.5, 0.6) is 0 Å². The molecule has 4 N–H and O–H groups in total. The van der Waals surface area contributed by atoms with Crippen molar-refractivity contribution >= 4 is 23.6 Å². The Bertz CT molecular complexity index is 1170. The van der Waals surface area contributed by atoms with Gasteiger partial charge in [0.1, 0.15) is 11.4 Å². The number of carbonyl (C=O) groups excluding carboxylic acids is 2. The smallest absolute Gasteiger partial charge is 0.410 e. The van der Waals surface area contributed by atoms with Gasteiger partial charge in [-0.15, -0.1) is 0 Å². The third kappa shape index (κ3) is 6.77. The maximum Gasteiger partial charge on any atom is 0.410 e. The van der Waals surface area contributed by atoms with E-state index in [0.29, 0.717) is 57.2 Å². The molecule has 2 unspecified atom stereocenters. The minimum Gasteiger partial charge on any atom is -0.444 e. The fourth-order valence-electron chi connectivity index (χ4n) is 4.98. The van der Waals surface area contributed by atoms with Gasteiger partial charge in [0.15, 0.2) is 5.82 Å². The molecule has 1 aromatic heterocycles. The van der Waals surface area contributed by atoms with Gasteiger partial charge in [0.05, 0.1) is 31.0 Å². The van der Waals surface area contributed by atoms with Gasteiger partial charge in [0, 0.05) is 36.4 Å². The van der Waals surface area contributed by atoms with Crippen LogP contribution in [-0.2, 0) is 15.9 Å². The average Bonchev–Trinajstić information content (AvgIpc) is 2.88. The maximum atomic E-state index is 13.2. The SMILES string of the molecule is CCNC(=O)Nc1ccc(-c2nc3c(c(N4CCOCC4C)n2)CCN(C(=O)OC(C)(C)C)C3CCN)cc1. The summed E-state index contributed by atoms with van der Waals surface area (Å²) in [5, 5.41) is 5.54. The number of benzene rings is 1. The molecule has 1 fully saturated rings. The van der Waals surface area contributed by atoms with E-state index in [1.165, 1.54) is 0 Å². The van der Waals surface area contributed by atoms with Crippen LogP contribution in [0.3, 0.4) is 0 Å². The summed E-state index contributed by atoms with van der Waals surface area (Å²) in [6.07, 6.45) is 0.801. The summed E-state index contributed by atoms with van der Waals surface area (Å²) < 4.78 is 11.4. The van der Waals surface area contributed by atoms with Gasteiger partial charge in [-0.1, -0.05) is 0 Å². The number of amides is 3. The van der Waals surface area contributed by atoms with Crippen molar-refractivity contribution in [1.29, 1.82) is 0 Å². The van der Waals surface area contributed by atoms with Crippen molar-refractivity contribution in [3.8, 4) is 11.4 Å². The second kappa shape index (κ2) is 12.2. The van der Waals surface area contributed by atoms with Gasteiger partial charge >= 0.3 is 12.1 Å². The molecule has 3 heterocycles. The molecule has 2 aromatic rings. The lowest BCUT2D eigenvalue weighted by atomic mass is 9.94. The van der Waals surface area contributed by atoms with Crippen molar-refractivity contribution in [2.24, 2.45) is 5.73 Å². The quantitative estimate of drug-likeness (QED) is 0.506. The Hall–Kier alpha value is -3.44. The zero-order valence-corrected chi connectivity index (χ0v) is 23.6. The van der Waals surface area contributed by atoms with Crippen molar-refractivity contribution in [3.63, 3.8) is 0 Å². The van der Waals surface area contributed by atoms with Crippen molar-refractivity contribution in [2.75, 3.05) is 49.6 Å². The lowest BCUT2D eigenvalue weighted by Gasteiger charge is -2.41. The average molecular weight is 540 g/mol. The molecule has 3 amide bonds. The number of carbonyl (C=O) groups is 2. The number of ether oxygens (including phenoxy) is 2. The first-order chi connectivity index (χ1) is 18.6. The molecule has 1 saturated heterocycles. The predicted octanol–water partition coefficient (Wildman–Crippen LogP) is 3.69. The van der Waals surface area contributed by atoms with Gasteiger partial charge in [-0.2, -0.15) is 0 Å². The van der Waals surface area contributed by atoms with Gasteiger partial charge < -0.3 is 30.7 Å². The van der Waals surface area contributed by atoms with Gasteiger partial charge in [0.25, 0.3) is 0 Å². The Morgan fingerprint density at radius 2 is 1.92 bits per heavy atom. The number of aromatic nitrogens is 2. The first-order valence-electron chi connectivity index (χ1n) is 13.7. The predicted molar refractivity (Wildman–Crippen MR) is 151 cm³/mol. The first-order valence-corrected chi connectivity index (χ1v) is 13.7. The van der Waals surface area contributed by atoms with Gasteiger partial charge in [-0.3, -0.25) is 4.90 Å².